The van der Waals surface area contributed by atoms with Gasteiger partial charge in [0.25, 0.3) is 0 Å². The second-order valence-electron chi connectivity index (χ2n) is 5.71. The SMILES string of the molecule is CN=C(NCc1coc(-c2ccccc2)n1)NCc1ccc(C#N)cc1F. The number of aromatic nitrogens is 1. The van der Waals surface area contributed by atoms with E-state index in [2.05, 4.69) is 20.6 Å². The Labute approximate surface area is 156 Å². The standard InChI is InChI=1S/C20H18FN5O/c1-23-20(24-11-16-8-7-14(10-22)9-18(16)21)25-12-17-13-27-19(26-17)15-5-3-2-4-6-15/h2-9,13H,11-12H2,1H3,(H2,23,24,25). The zero-order valence-electron chi connectivity index (χ0n) is 14.7. The van der Waals surface area contributed by atoms with E-state index in [4.69, 9.17) is 9.68 Å². The van der Waals surface area contributed by atoms with Crippen molar-refractivity contribution in [3.63, 3.8) is 0 Å². The van der Waals surface area contributed by atoms with Crippen molar-refractivity contribution < 1.29 is 8.81 Å². The number of oxazole rings is 1. The molecule has 27 heavy (non-hydrogen) atoms. The summed E-state index contributed by atoms with van der Waals surface area (Å²) < 4.78 is 19.4. The zero-order valence-corrected chi connectivity index (χ0v) is 14.7. The van der Waals surface area contributed by atoms with Crippen molar-refractivity contribution in [2.24, 2.45) is 4.99 Å². The van der Waals surface area contributed by atoms with Crippen molar-refractivity contribution in [2.75, 3.05) is 7.05 Å². The van der Waals surface area contributed by atoms with E-state index >= 15 is 0 Å². The van der Waals surface area contributed by atoms with Gasteiger partial charge in [0.1, 0.15) is 12.1 Å². The van der Waals surface area contributed by atoms with Crippen LogP contribution in [0.2, 0.25) is 0 Å². The van der Waals surface area contributed by atoms with Crippen molar-refractivity contribution in [3.05, 3.63) is 77.4 Å². The minimum Gasteiger partial charge on any atom is -0.444 e. The molecule has 0 aliphatic carbocycles. The van der Waals surface area contributed by atoms with E-state index in [1.807, 2.05) is 36.4 Å². The molecule has 3 rings (SSSR count). The molecule has 2 N–H and O–H groups in total. The van der Waals surface area contributed by atoms with Gasteiger partial charge in [0, 0.05) is 24.7 Å². The summed E-state index contributed by atoms with van der Waals surface area (Å²) in [7, 11) is 1.63. The van der Waals surface area contributed by atoms with E-state index in [1.165, 1.54) is 6.07 Å². The van der Waals surface area contributed by atoms with E-state index in [-0.39, 0.29) is 6.54 Å². The summed E-state index contributed by atoms with van der Waals surface area (Å²) in [4.78, 5) is 8.54. The van der Waals surface area contributed by atoms with Crippen molar-refractivity contribution in [3.8, 4) is 17.5 Å². The number of hydrogen-bond donors (Lipinski definition) is 2. The summed E-state index contributed by atoms with van der Waals surface area (Å²) in [5, 5.41) is 14.9. The van der Waals surface area contributed by atoms with E-state index in [1.54, 1.807) is 25.4 Å². The normalized spacial score (nSPS) is 11.1. The molecule has 0 radical (unpaired) electrons. The number of aliphatic imine (C=N–C) groups is 1. The van der Waals surface area contributed by atoms with Crippen molar-refractivity contribution >= 4 is 5.96 Å². The topological polar surface area (TPSA) is 86.2 Å². The van der Waals surface area contributed by atoms with Gasteiger partial charge in [-0.05, 0) is 24.3 Å². The van der Waals surface area contributed by atoms with Crippen LogP contribution in [0, 0.1) is 17.1 Å². The van der Waals surface area contributed by atoms with Crippen LogP contribution in [0.25, 0.3) is 11.5 Å². The minimum absolute atomic E-state index is 0.241. The van der Waals surface area contributed by atoms with Gasteiger partial charge in [0.15, 0.2) is 5.96 Å². The smallest absolute Gasteiger partial charge is 0.226 e. The Kier molecular flexibility index (Phi) is 5.80. The van der Waals surface area contributed by atoms with Crippen LogP contribution in [0.4, 0.5) is 4.39 Å². The lowest BCUT2D eigenvalue weighted by atomic mass is 10.1. The van der Waals surface area contributed by atoms with Crippen LogP contribution in [0.1, 0.15) is 16.8 Å². The predicted molar refractivity (Wildman–Crippen MR) is 100 cm³/mol. The Hall–Kier alpha value is -3.66. The number of nitrogens with zero attached hydrogens (tertiary/aromatic N) is 3. The van der Waals surface area contributed by atoms with Gasteiger partial charge in [-0.1, -0.05) is 24.3 Å². The van der Waals surface area contributed by atoms with Crippen LogP contribution in [0.15, 0.2) is 64.2 Å². The third-order valence-electron chi connectivity index (χ3n) is 3.86. The maximum Gasteiger partial charge on any atom is 0.226 e. The molecular weight excluding hydrogens is 345 g/mol. The molecule has 0 saturated carbocycles. The highest BCUT2D eigenvalue weighted by Gasteiger charge is 2.08. The molecule has 1 aromatic heterocycles. The number of halogens is 1. The van der Waals surface area contributed by atoms with Gasteiger partial charge in [-0.25, -0.2) is 9.37 Å². The van der Waals surface area contributed by atoms with Crippen LogP contribution in [-0.4, -0.2) is 18.0 Å². The molecule has 136 valence electrons. The second-order valence-corrected chi connectivity index (χ2v) is 5.71. The van der Waals surface area contributed by atoms with Crippen molar-refractivity contribution in [1.29, 1.82) is 5.26 Å². The van der Waals surface area contributed by atoms with Gasteiger partial charge >= 0.3 is 0 Å². The number of nitriles is 1. The molecule has 0 amide bonds. The number of guanidine groups is 1. The zero-order chi connectivity index (χ0) is 19.1. The Morgan fingerprint density at radius 1 is 1.19 bits per heavy atom. The summed E-state index contributed by atoms with van der Waals surface area (Å²) in [6, 6.07) is 15.9. The van der Waals surface area contributed by atoms with Crippen LogP contribution in [0.3, 0.4) is 0 Å². The highest BCUT2D eigenvalue weighted by molar-refractivity contribution is 5.79. The lowest BCUT2D eigenvalue weighted by Gasteiger charge is -2.11. The highest BCUT2D eigenvalue weighted by atomic mass is 19.1. The van der Waals surface area contributed by atoms with Gasteiger partial charge in [0.05, 0.1) is 23.9 Å². The Morgan fingerprint density at radius 2 is 1.96 bits per heavy atom. The molecule has 2 aromatic carbocycles. The molecule has 3 aromatic rings. The van der Waals surface area contributed by atoms with Crippen molar-refractivity contribution in [2.45, 2.75) is 13.1 Å². The summed E-state index contributed by atoms with van der Waals surface area (Å²) in [5.41, 5.74) is 2.37. The summed E-state index contributed by atoms with van der Waals surface area (Å²) in [6.45, 7) is 0.650. The molecule has 0 saturated heterocycles. The van der Waals surface area contributed by atoms with E-state index in [0.717, 1.165) is 11.3 Å². The van der Waals surface area contributed by atoms with Crippen LogP contribution in [-0.2, 0) is 13.1 Å². The van der Waals surface area contributed by atoms with Crippen LogP contribution in [0.5, 0.6) is 0 Å². The van der Waals surface area contributed by atoms with Crippen LogP contribution < -0.4 is 10.6 Å². The molecule has 0 atom stereocenters. The first kappa shape index (κ1) is 18.1. The fourth-order valence-corrected chi connectivity index (χ4v) is 2.44. The van der Waals surface area contributed by atoms with Gasteiger partial charge in [-0.3, -0.25) is 4.99 Å². The van der Waals surface area contributed by atoms with E-state index in [0.29, 0.717) is 29.5 Å². The molecule has 0 fully saturated rings. The third kappa shape index (κ3) is 4.70. The van der Waals surface area contributed by atoms with Gasteiger partial charge < -0.3 is 15.1 Å². The molecular formula is C20H18FN5O. The maximum absolute atomic E-state index is 13.9. The van der Waals surface area contributed by atoms with Gasteiger partial charge in [-0.2, -0.15) is 5.26 Å². The number of nitrogens with one attached hydrogen (secondary N) is 2. The Morgan fingerprint density at radius 3 is 2.67 bits per heavy atom. The van der Waals surface area contributed by atoms with Crippen molar-refractivity contribution in [1.82, 2.24) is 15.6 Å². The average Bonchev–Trinajstić information content (AvgIpc) is 3.18. The van der Waals surface area contributed by atoms with E-state index in [9.17, 15) is 4.39 Å². The fourth-order valence-electron chi connectivity index (χ4n) is 2.44. The molecule has 7 heteroatoms. The largest absolute Gasteiger partial charge is 0.444 e. The Balaban J connectivity index is 1.56. The monoisotopic (exact) mass is 363 g/mol. The average molecular weight is 363 g/mol. The lowest BCUT2D eigenvalue weighted by Crippen LogP contribution is -2.36. The lowest BCUT2D eigenvalue weighted by molar-refractivity contribution is 0.572. The first-order valence-electron chi connectivity index (χ1n) is 8.32. The molecule has 0 bridgehead atoms. The summed E-state index contributed by atoms with van der Waals surface area (Å²) in [5.74, 6) is 0.624. The van der Waals surface area contributed by atoms with Gasteiger partial charge in [0.2, 0.25) is 5.89 Å². The molecule has 0 unspecified atom stereocenters. The first-order valence-corrected chi connectivity index (χ1v) is 8.32. The summed E-state index contributed by atoms with van der Waals surface area (Å²) >= 11 is 0. The van der Waals surface area contributed by atoms with Gasteiger partial charge in [-0.15, -0.1) is 0 Å². The van der Waals surface area contributed by atoms with E-state index < -0.39 is 5.82 Å². The summed E-state index contributed by atoms with van der Waals surface area (Å²) in [6.07, 6.45) is 1.59. The second kappa shape index (κ2) is 8.63. The molecule has 0 aliphatic rings. The predicted octanol–water partition coefficient (Wildman–Crippen LogP) is 3.22. The molecule has 1 heterocycles. The number of rotatable bonds is 5. The molecule has 0 aliphatic heterocycles. The quantitative estimate of drug-likeness (QED) is 0.537. The Bertz CT molecular complexity index is 976. The fraction of sp³-hybridized carbons (Fsp3) is 0.150. The number of benzene rings is 2. The highest BCUT2D eigenvalue weighted by Crippen LogP contribution is 2.17. The van der Waals surface area contributed by atoms with Crippen LogP contribution >= 0.6 is 0 Å². The minimum atomic E-state index is -0.430. The molecule has 6 nitrogen and oxygen atoms in total. The number of hydrogen-bond acceptors (Lipinski definition) is 4. The third-order valence-corrected chi connectivity index (χ3v) is 3.86. The first-order chi connectivity index (χ1) is 13.2. The maximum atomic E-state index is 13.9. The molecule has 0 spiro atoms.